The number of carbonyl (C=O) groups is 3. The Morgan fingerprint density at radius 2 is 1.82 bits per heavy atom. The lowest BCUT2D eigenvalue weighted by Gasteiger charge is -2.31. The number of amides is 3. The molecule has 3 amide bonds. The summed E-state index contributed by atoms with van der Waals surface area (Å²) in [4.78, 5) is 41.6. The maximum Gasteiger partial charge on any atom is 0.317 e. The number of nitrogens with zero attached hydrogens (tertiary/aromatic N) is 3. The molecule has 2 aromatic heterocycles. The summed E-state index contributed by atoms with van der Waals surface area (Å²) in [5.41, 5.74) is 0.875. The molecule has 2 aliphatic heterocycles. The van der Waals surface area contributed by atoms with E-state index in [4.69, 9.17) is 4.74 Å². The highest BCUT2D eigenvalue weighted by Gasteiger charge is 2.35. The summed E-state index contributed by atoms with van der Waals surface area (Å²) in [5.74, 6) is -0.992. The minimum Gasteiger partial charge on any atom is -0.455 e. The third-order valence-electron chi connectivity index (χ3n) is 6.20. The van der Waals surface area contributed by atoms with E-state index in [2.05, 4.69) is 10.4 Å². The number of esters is 1. The number of hydrogen-bond acceptors (Lipinski definition) is 7. The Morgan fingerprint density at radius 3 is 2.48 bits per heavy atom. The van der Waals surface area contributed by atoms with Crippen LogP contribution in [0.3, 0.4) is 0 Å². The summed E-state index contributed by atoms with van der Waals surface area (Å²) in [6.45, 7) is 0.713. The number of urea groups is 1. The van der Waals surface area contributed by atoms with Crippen molar-refractivity contribution in [2.75, 3.05) is 19.7 Å². The summed E-state index contributed by atoms with van der Waals surface area (Å²) < 4.78 is 5.41. The number of ether oxygens (including phenoxy) is 1. The standard InChI is InChI=1S/C23H26N4O4S2/c28-21(14-31-22(29)15-7-9-26(10-8-15)23(30)24-16-5-6-16)27-18(20-4-2-12-33-20)13-17(25-27)19-3-1-11-32-19/h1-4,11-12,15-16,18H,5-10,13-14H2,(H,24,30). The highest BCUT2D eigenvalue weighted by Crippen LogP contribution is 2.36. The van der Waals surface area contributed by atoms with Gasteiger partial charge >= 0.3 is 12.0 Å². The van der Waals surface area contributed by atoms with Gasteiger partial charge in [-0.2, -0.15) is 5.10 Å². The second-order valence-electron chi connectivity index (χ2n) is 8.59. The van der Waals surface area contributed by atoms with Gasteiger partial charge in [-0.05, 0) is 48.6 Å². The van der Waals surface area contributed by atoms with Crippen molar-refractivity contribution in [1.82, 2.24) is 15.2 Å². The van der Waals surface area contributed by atoms with Gasteiger partial charge in [-0.25, -0.2) is 9.80 Å². The van der Waals surface area contributed by atoms with E-state index in [0.717, 1.165) is 28.3 Å². The van der Waals surface area contributed by atoms with Crippen molar-refractivity contribution in [2.45, 2.75) is 44.2 Å². The summed E-state index contributed by atoms with van der Waals surface area (Å²) in [5, 5.41) is 13.0. The fourth-order valence-electron chi connectivity index (χ4n) is 4.16. The Bertz CT molecular complexity index is 1030. The monoisotopic (exact) mass is 486 g/mol. The van der Waals surface area contributed by atoms with E-state index in [1.165, 1.54) is 5.01 Å². The largest absolute Gasteiger partial charge is 0.455 e. The highest BCUT2D eigenvalue weighted by molar-refractivity contribution is 7.12. The van der Waals surface area contributed by atoms with Crippen molar-refractivity contribution in [3.8, 4) is 0 Å². The molecular weight excluding hydrogens is 460 g/mol. The molecule has 4 heterocycles. The van der Waals surface area contributed by atoms with Crippen LogP contribution in [0.5, 0.6) is 0 Å². The molecule has 2 fully saturated rings. The van der Waals surface area contributed by atoms with Crippen molar-refractivity contribution < 1.29 is 19.1 Å². The Kier molecular flexibility index (Phi) is 6.45. The molecule has 1 unspecified atom stereocenters. The molecule has 2 aromatic rings. The SMILES string of the molecule is O=C(OCC(=O)N1N=C(c2cccs2)CC1c1cccs1)C1CCN(C(=O)NC2CC2)CC1. The van der Waals surface area contributed by atoms with Gasteiger partial charge in [0.2, 0.25) is 0 Å². The maximum atomic E-state index is 13.0. The molecule has 1 atom stereocenters. The van der Waals surface area contributed by atoms with Crippen LogP contribution in [0.1, 0.15) is 47.9 Å². The molecule has 1 saturated heterocycles. The molecule has 3 aliphatic rings. The molecule has 174 valence electrons. The van der Waals surface area contributed by atoms with Crippen molar-refractivity contribution in [3.63, 3.8) is 0 Å². The minimum absolute atomic E-state index is 0.0486. The first-order valence-electron chi connectivity index (χ1n) is 11.3. The van der Waals surface area contributed by atoms with E-state index in [9.17, 15) is 14.4 Å². The lowest BCUT2D eigenvalue weighted by atomic mass is 9.97. The fraction of sp³-hybridized carbons (Fsp3) is 0.478. The zero-order valence-corrected chi connectivity index (χ0v) is 19.8. The summed E-state index contributed by atoms with van der Waals surface area (Å²) >= 11 is 3.18. The normalized spacial score (nSPS) is 21.1. The molecule has 0 radical (unpaired) electrons. The van der Waals surface area contributed by atoms with Crippen molar-refractivity contribution >= 4 is 46.3 Å². The second-order valence-corrected chi connectivity index (χ2v) is 10.5. The van der Waals surface area contributed by atoms with E-state index in [0.29, 0.717) is 38.4 Å². The van der Waals surface area contributed by atoms with Crippen LogP contribution >= 0.6 is 22.7 Å². The van der Waals surface area contributed by atoms with Gasteiger partial charge in [0.15, 0.2) is 6.61 Å². The topological polar surface area (TPSA) is 91.3 Å². The molecule has 0 spiro atoms. The number of carbonyl (C=O) groups excluding carboxylic acids is 3. The van der Waals surface area contributed by atoms with Gasteiger partial charge in [0.1, 0.15) is 0 Å². The zero-order chi connectivity index (χ0) is 22.8. The summed E-state index contributed by atoms with van der Waals surface area (Å²) in [7, 11) is 0. The van der Waals surface area contributed by atoms with Crippen LogP contribution in [0, 0.1) is 5.92 Å². The predicted octanol–water partition coefficient (Wildman–Crippen LogP) is 3.61. The van der Waals surface area contributed by atoms with Gasteiger partial charge in [0.05, 0.1) is 22.5 Å². The zero-order valence-electron chi connectivity index (χ0n) is 18.1. The van der Waals surface area contributed by atoms with Crippen LogP contribution in [0.2, 0.25) is 0 Å². The average Bonchev–Trinajstić information content (AvgIpc) is 3.28. The molecular formula is C23H26N4O4S2. The molecule has 5 rings (SSSR count). The Balaban J connectivity index is 1.15. The van der Waals surface area contributed by atoms with Gasteiger partial charge in [-0.15, -0.1) is 22.7 Å². The van der Waals surface area contributed by atoms with Gasteiger partial charge in [-0.1, -0.05) is 12.1 Å². The first kappa shape index (κ1) is 22.1. The van der Waals surface area contributed by atoms with E-state index >= 15 is 0 Å². The number of hydrazone groups is 1. The van der Waals surface area contributed by atoms with Crippen LogP contribution in [0.4, 0.5) is 4.79 Å². The first-order chi connectivity index (χ1) is 16.1. The Labute approximate surface area is 200 Å². The third kappa shape index (κ3) is 5.11. The van der Waals surface area contributed by atoms with E-state index < -0.39 is 0 Å². The van der Waals surface area contributed by atoms with Crippen molar-refractivity contribution in [1.29, 1.82) is 0 Å². The van der Waals surface area contributed by atoms with Gasteiger partial charge in [0.25, 0.3) is 5.91 Å². The number of likely N-dealkylation sites (tertiary alicyclic amines) is 1. The lowest BCUT2D eigenvalue weighted by molar-refractivity contribution is -0.157. The van der Waals surface area contributed by atoms with E-state index in [-0.39, 0.29) is 36.5 Å². The molecule has 10 heteroatoms. The van der Waals surface area contributed by atoms with Crippen LogP contribution in [0.25, 0.3) is 0 Å². The summed E-state index contributed by atoms with van der Waals surface area (Å²) in [6, 6.07) is 8.02. The number of rotatable bonds is 6. The molecule has 1 saturated carbocycles. The number of thiophene rings is 2. The molecule has 33 heavy (non-hydrogen) atoms. The maximum absolute atomic E-state index is 13.0. The van der Waals surface area contributed by atoms with Gasteiger partial charge < -0.3 is 15.0 Å². The van der Waals surface area contributed by atoms with Crippen LogP contribution in [0.15, 0.2) is 40.1 Å². The van der Waals surface area contributed by atoms with Crippen molar-refractivity contribution in [2.24, 2.45) is 11.0 Å². The van der Waals surface area contributed by atoms with Crippen LogP contribution in [-0.4, -0.2) is 59.3 Å². The third-order valence-corrected chi connectivity index (χ3v) is 8.09. The predicted molar refractivity (Wildman–Crippen MR) is 126 cm³/mol. The molecule has 8 nitrogen and oxygen atoms in total. The smallest absolute Gasteiger partial charge is 0.317 e. The van der Waals surface area contributed by atoms with Crippen molar-refractivity contribution in [3.05, 3.63) is 44.8 Å². The quantitative estimate of drug-likeness (QED) is 0.632. The average molecular weight is 487 g/mol. The van der Waals surface area contributed by atoms with Crippen LogP contribution < -0.4 is 5.32 Å². The van der Waals surface area contributed by atoms with E-state index in [1.54, 1.807) is 27.6 Å². The second kappa shape index (κ2) is 9.64. The number of piperidine rings is 1. The molecule has 0 bridgehead atoms. The first-order valence-corrected chi connectivity index (χ1v) is 13.0. The van der Waals surface area contributed by atoms with E-state index in [1.807, 2.05) is 35.0 Å². The van der Waals surface area contributed by atoms with Gasteiger partial charge in [0, 0.05) is 30.4 Å². The fourth-order valence-corrected chi connectivity index (χ4v) is 5.70. The van der Waals surface area contributed by atoms with Crippen LogP contribution in [-0.2, 0) is 14.3 Å². The Morgan fingerprint density at radius 1 is 1.06 bits per heavy atom. The summed E-state index contributed by atoms with van der Waals surface area (Å²) in [6.07, 6.45) is 3.83. The highest BCUT2D eigenvalue weighted by atomic mass is 32.1. The number of hydrogen-bond donors (Lipinski definition) is 1. The molecule has 1 aliphatic carbocycles. The molecule has 0 aromatic carbocycles. The lowest BCUT2D eigenvalue weighted by Crippen LogP contribution is -2.46. The van der Waals surface area contributed by atoms with Gasteiger partial charge in [-0.3, -0.25) is 9.59 Å². The number of nitrogens with one attached hydrogen (secondary N) is 1. The Hall–Kier alpha value is -2.72. The molecule has 1 N–H and O–H groups in total. The minimum atomic E-state index is -0.375.